The number of benzene rings is 15. The van der Waals surface area contributed by atoms with Crippen molar-refractivity contribution in [2.24, 2.45) is 0 Å². The lowest BCUT2D eigenvalue weighted by Crippen LogP contribution is -2.61. The van der Waals surface area contributed by atoms with E-state index >= 15 is 0 Å². The standard InChI is InChI=1S/C102H83BN4/c1-100(2,3)75-48-53-90-85(61-75)86-62-76(101(4,5)6)49-54-91(86)105(90)79-50-51-87-94(65-79)107(99-83(69-37-22-13-23-38-69)63-77(102(7,8)9)64-84(99)70-39-24-14-25-40-70)96-60-74(81-44-30-46-93-97(81)82-43-28-29-45-89(82)104(93)78-41-26-15-27-42-78)59-95-98(96)103(87)88-58-71(66-31-16-10-17-32-66)47-52-92(88)106(95)80-56-72(67-33-18-11-19-34-67)55-73(57-80)68-35-20-12-21-36-68/h10-65H,1-9H3/i10D,16D,17D,31D,32D. The van der Waals surface area contributed by atoms with Gasteiger partial charge in [-0.2, -0.15) is 0 Å². The molecule has 0 radical (unpaired) electrons. The summed E-state index contributed by atoms with van der Waals surface area (Å²) in [6, 6.07) is 112. The van der Waals surface area contributed by atoms with E-state index < -0.39 is 12.8 Å². The van der Waals surface area contributed by atoms with Crippen LogP contribution in [0.25, 0.3) is 122 Å². The first-order chi connectivity index (χ1) is 54.0. The SMILES string of the molecule is [2H]c1c([2H])c([2H])c(-c2ccc3c(c2)B2c4ccc(-n5c6ccc(C(C)(C)C)cc6c6cc(C(C)(C)C)ccc65)cc4N(c4c(-c5ccccc5)cc(C(C)(C)C)cc4-c4ccccc4)c4cc(-c5cccc6c5c5ccccc5n6-c5ccccc5)cc(c42)N3c2cc(-c3ccccc3)cc(-c3ccccc3)c2)c([2H])c1[2H]. The molecule has 0 saturated carbocycles. The van der Waals surface area contributed by atoms with Gasteiger partial charge in [-0.05, 0) is 214 Å². The van der Waals surface area contributed by atoms with Gasteiger partial charge in [0.05, 0.1) is 34.6 Å². The summed E-state index contributed by atoms with van der Waals surface area (Å²) >= 11 is 0. The molecule has 2 aromatic heterocycles. The van der Waals surface area contributed by atoms with Crippen LogP contribution in [0, 0.1) is 0 Å². The molecule has 0 N–H and O–H groups in total. The largest absolute Gasteiger partial charge is 0.311 e. The van der Waals surface area contributed by atoms with Crippen LogP contribution in [-0.2, 0) is 16.2 Å². The summed E-state index contributed by atoms with van der Waals surface area (Å²) in [6.07, 6.45) is 0. The lowest BCUT2D eigenvalue weighted by atomic mass is 9.33. The third-order valence-electron chi connectivity index (χ3n) is 22.4. The zero-order valence-electron chi connectivity index (χ0n) is 66.8. The Kier molecular flexibility index (Phi) is 14.1. The van der Waals surface area contributed by atoms with Crippen molar-refractivity contribution in [2.75, 3.05) is 9.80 Å². The maximum absolute atomic E-state index is 9.69. The smallest absolute Gasteiger partial charge is 0.252 e. The first-order valence-electron chi connectivity index (χ1n) is 39.9. The lowest BCUT2D eigenvalue weighted by Gasteiger charge is -2.45. The molecule has 0 unspecified atom stereocenters. The van der Waals surface area contributed by atoms with Gasteiger partial charge in [0.15, 0.2) is 0 Å². The average Bonchev–Trinajstić information content (AvgIpc) is 0.708. The van der Waals surface area contributed by atoms with E-state index in [1.807, 2.05) is 6.07 Å². The number of anilines is 6. The third kappa shape index (κ3) is 11.0. The maximum Gasteiger partial charge on any atom is 0.252 e. The molecular formula is C102H83BN4. The van der Waals surface area contributed by atoms with Crippen LogP contribution < -0.4 is 26.2 Å². The van der Waals surface area contributed by atoms with Crippen LogP contribution in [0.4, 0.5) is 34.1 Å². The summed E-state index contributed by atoms with van der Waals surface area (Å²) in [7, 11) is 0. The molecule has 4 heterocycles. The monoisotopic (exact) mass is 1380 g/mol. The zero-order valence-corrected chi connectivity index (χ0v) is 61.8. The highest BCUT2D eigenvalue weighted by molar-refractivity contribution is 7.00. The number of hydrogen-bond acceptors (Lipinski definition) is 2. The van der Waals surface area contributed by atoms with E-state index in [1.165, 1.54) is 27.5 Å². The molecule has 0 atom stereocenters. The minimum absolute atomic E-state index is 0.120. The molecule has 0 spiro atoms. The molecule has 0 amide bonds. The first kappa shape index (κ1) is 59.9. The first-order valence-corrected chi connectivity index (χ1v) is 37.4. The average molecular weight is 1380 g/mol. The quantitative estimate of drug-likeness (QED) is 0.127. The second-order valence-corrected chi connectivity index (χ2v) is 32.1. The number of rotatable bonds is 10. The van der Waals surface area contributed by atoms with Gasteiger partial charge in [-0.25, -0.2) is 0 Å². The topological polar surface area (TPSA) is 16.3 Å². The summed E-state index contributed by atoms with van der Waals surface area (Å²) in [5, 5.41) is 4.63. The van der Waals surface area contributed by atoms with Crippen LogP contribution in [0.15, 0.2) is 340 Å². The highest BCUT2D eigenvalue weighted by Crippen LogP contribution is 2.55. The predicted molar refractivity (Wildman–Crippen MR) is 458 cm³/mol. The van der Waals surface area contributed by atoms with Gasteiger partial charge in [-0.15, -0.1) is 0 Å². The molecule has 2 aliphatic heterocycles. The number of aromatic nitrogens is 2. The van der Waals surface area contributed by atoms with Crippen molar-refractivity contribution in [3.05, 3.63) is 356 Å². The highest BCUT2D eigenvalue weighted by Gasteiger charge is 2.46. The fraction of sp³-hybridized carbons (Fsp3) is 0.118. The van der Waals surface area contributed by atoms with E-state index in [-0.39, 0.29) is 46.0 Å². The van der Waals surface area contributed by atoms with Gasteiger partial charge in [0, 0.05) is 72.5 Å². The van der Waals surface area contributed by atoms with Gasteiger partial charge in [0.2, 0.25) is 0 Å². The summed E-state index contributed by atoms with van der Waals surface area (Å²) in [4.78, 5) is 5.10. The molecule has 0 fully saturated rings. The molecule has 0 bridgehead atoms. The van der Waals surface area contributed by atoms with Gasteiger partial charge in [0.1, 0.15) is 0 Å². The van der Waals surface area contributed by atoms with E-state index in [9.17, 15) is 5.48 Å². The van der Waals surface area contributed by atoms with E-state index in [1.54, 1.807) is 0 Å². The Bertz CT molecular complexity index is 6470. The molecule has 107 heavy (non-hydrogen) atoms. The molecule has 4 nitrogen and oxygen atoms in total. The van der Waals surface area contributed by atoms with E-state index in [2.05, 4.69) is 385 Å². The van der Waals surface area contributed by atoms with Crippen molar-refractivity contribution in [3.63, 3.8) is 0 Å². The minimum atomic E-state index is -0.534. The molecular weight excluding hydrogens is 1290 g/mol. The van der Waals surface area contributed by atoms with Gasteiger partial charge >= 0.3 is 0 Å². The van der Waals surface area contributed by atoms with Crippen LogP contribution in [0.5, 0.6) is 0 Å². The predicted octanol–water partition coefficient (Wildman–Crippen LogP) is 25.9. The molecule has 15 aromatic carbocycles. The summed E-state index contributed by atoms with van der Waals surface area (Å²) in [5.74, 6) is 0. The molecule has 17 aromatic rings. The highest BCUT2D eigenvalue weighted by atomic mass is 15.2. The van der Waals surface area contributed by atoms with Crippen molar-refractivity contribution in [1.82, 2.24) is 9.13 Å². The van der Waals surface area contributed by atoms with Crippen molar-refractivity contribution in [1.29, 1.82) is 0 Å². The molecule has 2 aliphatic rings. The fourth-order valence-electron chi connectivity index (χ4n) is 17.0. The Morgan fingerprint density at radius 2 is 0.776 bits per heavy atom. The van der Waals surface area contributed by atoms with Crippen LogP contribution >= 0.6 is 0 Å². The van der Waals surface area contributed by atoms with Gasteiger partial charge in [0.25, 0.3) is 6.71 Å². The van der Waals surface area contributed by atoms with Crippen molar-refractivity contribution < 1.29 is 6.85 Å². The van der Waals surface area contributed by atoms with Crippen LogP contribution in [0.2, 0.25) is 0 Å². The molecule has 19 rings (SSSR count). The van der Waals surface area contributed by atoms with E-state index in [0.717, 1.165) is 150 Å². The fourth-order valence-corrected chi connectivity index (χ4v) is 17.0. The second kappa shape index (κ2) is 25.1. The van der Waals surface area contributed by atoms with E-state index in [4.69, 9.17) is 1.37 Å². The molecule has 5 heteroatoms. The molecule has 514 valence electrons. The Hall–Kier alpha value is -12.4. The van der Waals surface area contributed by atoms with E-state index in [0.29, 0.717) is 5.56 Å². The van der Waals surface area contributed by atoms with Crippen LogP contribution in [0.3, 0.4) is 0 Å². The minimum Gasteiger partial charge on any atom is -0.311 e. The van der Waals surface area contributed by atoms with Crippen LogP contribution in [-0.4, -0.2) is 15.8 Å². The third-order valence-corrected chi connectivity index (χ3v) is 22.4. The van der Waals surface area contributed by atoms with Gasteiger partial charge in [-0.1, -0.05) is 293 Å². The Balaban J connectivity index is 1.02. The Morgan fingerprint density at radius 1 is 0.271 bits per heavy atom. The number of nitrogens with zero attached hydrogens (tertiary/aromatic N) is 4. The van der Waals surface area contributed by atoms with Crippen molar-refractivity contribution in [3.8, 4) is 78.1 Å². The normalized spacial score (nSPS) is 13.5. The summed E-state index contributed by atoms with van der Waals surface area (Å²) in [6.45, 7) is 20.2. The zero-order chi connectivity index (χ0) is 77.0. The summed E-state index contributed by atoms with van der Waals surface area (Å²) in [5.41, 5.74) is 29.5. The van der Waals surface area contributed by atoms with Gasteiger partial charge in [-0.3, -0.25) is 0 Å². The molecule has 0 saturated heterocycles. The number of fused-ring (bicyclic) bond motifs is 10. The van der Waals surface area contributed by atoms with Crippen molar-refractivity contribution in [2.45, 2.75) is 78.6 Å². The number of hydrogen-bond donors (Lipinski definition) is 0. The second-order valence-electron chi connectivity index (χ2n) is 32.1. The molecule has 0 aliphatic carbocycles. The number of para-hydroxylation sites is 2. The Morgan fingerprint density at radius 3 is 1.35 bits per heavy atom. The maximum atomic E-state index is 9.69. The van der Waals surface area contributed by atoms with Crippen molar-refractivity contribution >= 4 is 101 Å². The Labute approximate surface area is 635 Å². The lowest BCUT2D eigenvalue weighted by molar-refractivity contribution is 0.590. The van der Waals surface area contributed by atoms with Gasteiger partial charge < -0.3 is 18.9 Å². The summed E-state index contributed by atoms with van der Waals surface area (Å²) < 4.78 is 51.5. The van der Waals surface area contributed by atoms with Crippen LogP contribution in [0.1, 0.15) is 85.9 Å².